The number of likely N-dealkylation sites (tertiary alicyclic amines) is 2. The third kappa shape index (κ3) is 5.31. The van der Waals surface area contributed by atoms with Gasteiger partial charge in [-0.15, -0.1) is 0 Å². The van der Waals surface area contributed by atoms with Gasteiger partial charge < -0.3 is 24.6 Å². The van der Waals surface area contributed by atoms with Gasteiger partial charge in [0.05, 0.1) is 20.3 Å². The molecule has 0 saturated carbocycles. The van der Waals surface area contributed by atoms with Crippen LogP contribution < -0.4 is 14.8 Å². The Bertz CT molecular complexity index is 638. The molecule has 3 rings (SSSR count). The fourth-order valence-electron chi connectivity index (χ4n) is 4.33. The molecule has 2 amide bonds. The molecule has 2 fully saturated rings. The highest BCUT2D eigenvalue weighted by Gasteiger charge is 2.25. The molecule has 6 heteroatoms. The van der Waals surface area contributed by atoms with Gasteiger partial charge in [0, 0.05) is 18.7 Å². The molecule has 2 heterocycles. The fourth-order valence-corrected chi connectivity index (χ4v) is 4.33. The minimum atomic E-state index is -0.148. The number of carbonyl (C=O) groups is 1. The number of rotatable bonds is 7. The molecule has 0 aromatic heterocycles. The number of urea groups is 1. The maximum Gasteiger partial charge on any atom is 0.317 e. The molecule has 2 saturated heterocycles. The summed E-state index contributed by atoms with van der Waals surface area (Å²) in [6, 6.07) is 5.53. The maximum absolute atomic E-state index is 12.7. The topological polar surface area (TPSA) is 54.0 Å². The van der Waals surface area contributed by atoms with Crippen molar-refractivity contribution in [1.29, 1.82) is 0 Å². The molecule has 0 bridgehead atoms. The van der Waals surface area contributed by atoms with E-state index in [-0.39, 0.29) is 12.1 Å². The predicted octanol–water partition coefficient (Wildman–Crippen LogP) is 3.67. The monoisotopic (exact) mass is 389 g/mol. The van der Waals surface area contributed by atoms with Crippen molar-refractivity contribution < 1.29 is 14.3 Å². The van der Waals surface area contributed by atoms with E-state index in [1.807, 2.05) is 30.0 Å². The lowest BCUT2D eigenvalue weighted by Crippen LogP contribution is -2.45. The van der Waals surface area contributed by atoms with E-state index in [9.17, 15) is 4.79 Å². The lowest BCUT2D eigenvalue weighted by molar-refractivity contribution is 0.160. The normalized spacial score (nSPS) is 19.5. The average molecular weight is 390 g/mol. The zero-order chi connectivity index (χ0) is 19.9. The largest absolute Gasteiger partial charge is 0.497 e. The summed E-state index contributed by atoms with van der Waals surface area (Å²) in [5.41, 5.74) is 0.927. The number of hydrogen-bond donors (Lipinski definition) is 1. The van der Waals surface area contributed by atoms with Gasteiger partial charge in [-0.2, -0.15) is 0 Å². The Hall–Kier alpha value is -1.95. The SMILES string of the molecule is COc1ccc(OC)c(C(C)NC(=O)N2CCC(CCN3CCCC3)CC2)c1. The third-order valence-electron chi connectivity index (χ3n) is 6.20. The summed E-state index contributed by atoms with van der Waals surface area (Å²) in [5.74, 6) is 2.27. The number of benzene rings is 1. The smallest absolute Gasteiger partial charge is 0.317 e. The van der Waals surface area contributed by atoms with Crippen molar-refractivity contribution in [1.82, 2.24) is 15.1 Å². The molecular weight excluding hydrogens is 354 g/mol. The van der Waals surface area contributed by atoms with Crippen LogP contribution in [0, 0.1) is 5.92 Å². The Morgan fingerprint density at radius 3 is 2.50 bits per heavy atom. The zero-order valence-electron chi connectivity index (χ0n) is 17.6. The molecule has 1 N–H and O–H groups in total. The van der Waals surface area contributed by atoms with Crippen LogP contribution in [0.5, 0.6) is 11.5 Å². The van der Waals surface area contributed by atoms with Crippen molar-refractivity contribution in [2.75, 3.05) is 46.9 Å². The summed E-state index contributed by atoms with van der Waals surface area (Å²) in [6.07, 6.45) is 6.20. The number of ether oxygens (including phenoxy) is 2. The lowest BCUT2D eigenvalue weighted by atomic mass is 9.93. The average Bonchev–Trinajstić information content (AvgIpc) is 3.25. The Labute approximate surface area is 169 Å². The molecule has 1 aromatic carbocycles. The van der Waals surface area contributed by atoms with E-state index < -0.39 is 0 Å². The van der Waals surface area contributed by atoms with Gasteiger partial charge >= 0.3 is 6.03 Å². The van der Waals surface area contributed by atoms with Gasteiger partial charge in [0.2, 0.25) is 0 Å². The highest BCUT2D eigenvalue weighted by Crippen LogP contribution is 2.29. The van der Waals surface area contributed by atoms with Crippen molar-refractivity contribution in [3.05, 3.63) is 23.8 Å². The first kappa shape index (κ1) is 20.8. The predicted molar refractivity (Wildman–Crippen MR) is 111 cm³/mol. The number of amides is 2. The first-order valence-electron chi connectivity index (χ1n) is 10.6. The summed E-state index contributed by atoms with van der Waals surface area (Å²) >= 11 is 0. The molecule has 0 aliphatic carbocycles. The molecule has 1 unspecified atom stereocenters. The summed E-state index contributed by atoms with van der Waals surface area (Å²) < 4.78 is 10.8. The number of nitrogens with zero attached hydrogens (tertiary/aromatic N) is 2. The van der Waals surface area contributed by atoms with Crippen LogP contribution in [-0.2, 0) is 0 Å². The second-order valence-corrected chi connectivity index (χ2v) is 8.05. The van der Waals surface area contributed by atoms with Gasteiger partial charge in [-0.25, -0.2) is 4.79 Å². The summed E-state index contributed by atoms with van der Waals surface area (Å²) in [6.45, 7) is 7.44. The van der Waals surface area contributed by atoms with Crippen molar-refractivity contribution >= 4 is 6.03 Å². The Morgan fingerprint density at radius 1 is 1.14 bits per heavy atom. The van der Waals surface area contributed by atoms with Gasteiger partial charge in [-0.05, 0) is 82.8 Å². The van der Waals surface area contributed by atoms with Crippen LogP contribution in [0.15, 0.2) is 18.2 Å². The van der Waals surface area contributed by atoms with E-state index in [4.69, 9.17) is 9.47 Å². The van der Waals surface area contributed by atoms with Crippen molar-refractivity contribution in [3.8, 4) is 11.5 Å². The number of hydrogen-bond acceptors (Lipinski definition) is 4. The Kier molecular flexibility index (Phi) is 7.43. The second kappa shape index (κ2) is 10.0. The third-order valence-corrected chi connectivity index (χ3v) is 6.20. The Balaban J connectivity index is 1.47. The molecular formula is C22H35N3O3. The summed E-state index contributed by atoms with van der Waals surface area (Å²) in [5, 5.41) is 3.13. The van der Waals surface area contributed by atoms with Gasteiger partial charge in [0.1, 0.15) is 11.5 Å². The van der Waals surface area contributed by atoms with Crippen LogP contribution in [-0.4, -0.2) is 62.8 Å². The summed E-state index contributed by atoms with van der Waals surface area (Å²) in [4.78, 5) is 17.3. The maximum atomic E-state index is 12.7. The first-order valence-corrected chi connectivity index (χ1v) is 10.6. The van der Waals surface area contributed by atoms with E-state index in [1.54, 1.807) is 14.2 Å². The van der Waals surface area contributed by atoms with Crippen LogP contribution in [0.25, 0.3) is 0 Å². The Morgan fingerprint density at radius 2 is 1.86 bits per heavy atom. The van der Waals surface area contributed by atoms with E-state index in [0.717, 1.165) is 48.9 Å². The lowest BCUT2D eigenvalue weighted by Gasteiger charge is -2.33. The van der Waals surface area contributed by atoms with E-state index in [1.165, 1.54) is 38.9 Å². The van der Waals surface area contributed by atoms with Crippen molar-refractivity contribution in [2.24, 2.45) is 5.92 Å². The van der Waals surface area contributed by atoms with Gasteiger partial charge in [0.15, 0.2) is 0 Å². The first-order chi connectivity index (χ1) is 13.6. The van der Waals surface area contributed by atoms with Crippen molar-refractivity contribution in [2.45, 2.75) is 45.1 Å². The number of nitrogens with one attached hydrogen (secondary N) is 1. The standard InChI is InChI=1S/C22H35N3O3/c1-17(20-16-19(27-2)6-7-21(20)28-3)23-22(26)25-14-9-18(10-15-25)8-13-24-11-4-5-12-24/h6-7,16-18H,4-5,8-15H2,1-3H3,(H,23,26). The molecule has 6 nitrogen and oxygen atoms in total. The molecule has 0 radical (unpaired) electrons. The second-order valence-electron chi connectivity index (χ2n) is 8.05. The highest BCUT2D eigenvalue weighted by molar-refractivity contribution is 5.75. The molecule has 1 atom stereocenters. The van der Waals surface area contributed by atoms with Gasteiger partial charge in [0.25, 0.3) is 0 Å². The molecule has 28 heavy (non-hydrogen) atoms. The molecule has 156 valence electrons. The van der Waals surface area contributed by atoms with Gasteiger partial charge in [-0.3, -0.25) is 0 Å². The van der Waals surface area contributed by atoms with Crippen LogP contribution in [0.2, 0.25) is 0 Å². The van der Waals surface area contributed by atoms with E-state index >= 15 is 0 Å². The minimum absolute atomic E-state index is 0.00960. The number of methoxy groups -OCH3 is 2. The van der Waals surface area contributed by atoms with E-state index in [0.29, 0.717) is 0 Å². The number of piperidine rings is 1. The van der Waals surface area contributed by atoms with Crippen LogP contribution >= 0.6 is 0 Å². The van der Waals surface area contributed by atoms with Crippen LogP contribution in [0.1, 0.15) is 50.6 Å². The van der Waals surface area contributed by atoms with Crippen LogP contribution in [0.4, 0.5) is 4.79 Å². The molecule has 1 aromatic rings. The molecule has 0 spiro atoms. The zero-order valence-corrected chi connectivity index (χ0v) is 17.6. The summed E-state index contributed by atoms with van der Waals surface area (Å²) in [7, 11) is 3.29. The highest BCUT2D eigenvalue weighted by atomic mass is 16.5. The van der Waals surface area contributed by atoms with Gasteiger partial charge in [-0.1, -0.05) is 0 Å². The quantitative estimate of drug-likeness (QED) is 0.773. The molecule has 2 aliphatic heterocycles. The number of carbonyl (C=O) groups excluding carboxylic acids is 1. The van der Waals surface area contributed by atoms with Crippen LogP contribution in [0.3, 0.4) is 0 Å². The van der Waals surface area contributed by atoms with E-state index in [2.05, 4.69) is 10.2 Å². The molecule has 2 aliphatic rings. The van der Waals surface area contributed by atoms with Crippen molar-refractivity contribution in [3.63, 3.8) is 0 Å². The fraction of sp³-hybridized carbons (Fsp3) is 0.682. The minimum Gasteiger partial charge on any atom is -0.497 e.